The summed E-state index contributed by atoms with van der Waals surface area (Å²) in [4.78, 5) is 12.7. The normalized spacial score (nSPS) is 11.0. The van der Waals surface area contributed by atoms with Crippen LogP contribution in [0.3, 0.4) is 0 Å². The van der Waals surface area contributed by atoms with E-state index in [1.165, 1.54) is 6.08 Å². The van der Waals surface area contributed by atoms with Gasteiger partial charge >= 0.3 is 0 Å². The second-order valence-electron chi connectivity index (χ2n) is 7.39. The second kappa shape index (κ2) is 11.3. The molecule has 0 aromatic heterocycles. The number of amides is 1. The van der Waals surface area contributed by atoms with Gasteiger partial charge in [-0.25, -0.2) is 0 Å². The van der Waals surface area contributed by atoms with Crippen molar-refractivity contribution in [3.05, 3.63) is 90.5 Å². The molecule has 0 fully saturated rings. The number of hydrogen-bond donors (Lipinski definition) is 1. The van der Waals surface area contributed by atoms with E-state index in [0.29, 0.717) is 33.8 Å². The molecule has 0 bridgehead atoms. The van der Waals surface area contributed by atoms with Gasteiger partial charge in [0.15, 0.2) is 11.5 Å². The zero-order chi connectivity index (χ0) is 24.0. The topological polar surface area (TPSA) is 71.3 Å². The minimum absolute atomic E-state index is 0.0171. The van der Waals surface area contributed by atoms with Crippen LogP contribution < -0.4 is 14.8 Å². The van der Waals surface area contributed by atoms with Crippen molar-refractivity contribution in [2.24, 2.45) is 0 Å². The molecule has 0 aliphatic carbocycles. The van der Waals surface area contributed by atoms with Gasteiger partial charge in [0.25, 0.3) is 5.91 Å². The molecule has 0 spiro atoms. The van der Waals surface area contributed by atoms with Gasteiger partial charge in [-0.1, -0.05) is 29.8 Å². The number of carbonyl (C=O) groups excluding carboxylic acids is 1. The summed E-state index contributed by atoms with van der Waals surface area (Å²) in [5.41, 5.74) is 4.35. The van der Waals surface area contributed by atoms with Crippen LogP contribution in [-0.4, -0.2) is 13.0 Å². The van der Waals surface area contributed by atoms with Crippen molar-refractivity contribution in [3.8, 4) is 17.6 Å². The number of nitrogens with one attached hydrogen (secondary N) is 1. The van der Waals surface area contributed by atoms with E-state index < -0.39 is 5.91 Å². The maximum absolute atomic E-state index is 12.7. The Balaban J connectivity index is 1.82. The van der Waals surface area contributed by atoms with Gasteiger partial charge < -0.3 is 14.8 Å². The molecule has 33 heavy (non-hydrogen) atoms. The fraction of sp³-hybridized carbons (Fsp3) is 0.154. The molecule has 0 aliphatic rings. The van der Waals surface area contributed by atoms with Crippen LogP contribution in [0.15, 0.2) is 64.6 Å². The van der Waals surface area contributed by atoms with Gasteiger partial charge in [0.1, 0.15) is 18.2 Å². The van der Waals surface area contributed by atoms with Crippen LogP contribution in [0.2, 0.25) is 0 Å². The number of carbonyl (C=O) groups is 1. The van der Waals surface area contributed by atoms with Crippen molar-refractivity contribution >= 4 is 56.2 Å². The fourth-order valence-corrected chi connectivity index (χ4v) is 4.09. The zero-order valence-corrected chi connectivity index (χ0v) is 22.2. The Labute approximate surface area is 215 Å². The van der Waals surface area contributed by atoms with E-state index in [-0.39, 0.29) is 5.57 Å². The molecule has 3 aromatic rings. The van der Waals surface area contributed by atoms with Crippen LogP contribution in [0.25, 0.3) is 6.08 Å². The maximum atomic E-state index is 12.7. The molecular weight excluding hydrogens is 595 g/mol. The van der Waals surface area contributed by atoms with Crippen molar-refractivity contribution in [3.63, 3.8) is 0 Å². The third-order valence-corrected chi connectivity index (χ3v) is 6.16. The van der Waals surface area contributed by atoms with Crippen LogP contribution >= 0.6 is 38.5 Å². The van der Waals surface area contributed by atoms with Crippen molar-refractivity contribution in [2.75, 3.05) is 12.4 Å². The Bertz CT molecular complexity index is 1250. The first kappa shape index (κ1) is 24.8. The van der Waals surface area contributed by atoms with Crippen LogP contribution in [0.1, 0.15) is 22.3 Å². The molecule has 0 saturated heterocycles. The molecule has 1 N–H and O–H groups in total. The smallest absolute Gasteiger partial charge is 0.266 e. The van der Waals surface area contributed by atoms with E-state index in [1.54, 1.807) is 19.2 Å². The van der Waals surface area contributed by atoms with Gasteiger partial charge in [0.05, 0.1) is 11.6 Å². The van der Waals surface area contributed by atoms with Gasteiger partial charge in [0, 0.05) is 9.26 Å². The van der Waals surface area contributed by atoms with E-state index in [2.05, 4.69) is 43.8 Å². The third-order valence-electron chi connectivity index (χ3n) is 4.85. The molecule has 0 saturated carbocycles. The van der Waals surface area contributed by atoms with Crippen molar-refractivity contribution < 1.29 is 14.3 Å². The lowest BCUT2D eigenvalue weighted by Crippen LogP contribution is -2.14. The first-order chi connectivity index (χ1) is 15.8. The number of nitrogens with zero attached hydrogens (tertiary/aromatic N) is 1. The van der Waals surface area contributed by atoms with E-state index >= 15 is 0 Å². The van der Waals surface area contributed by atoms with E-state index in [4.69, 9.17) is 9.47 Å². The summed E-state index contributed by atoms with van der Waals surface area (Å²) in [6.07, 6.45) is 1.52. The summed E-state index contributed by atoms with van der Waals surface area (Å²) in [5, 5.41) is 12.4. The lowest BCUT2D eigenvalue weighted by Gasteiger charge is -2.14. The molecule has 1 amide bonds. The number of halogens is 2. The molecule has 0 atom stereocenters. The predicted octanol–water partition coefficient (Wildman–Crippen LogP) is 6.80. The van der Waals surface area contributed by atoms with E-state index in [0.717, 1.165) is 20.3 Å². The number of aryl methyl sites for hydroxylation is 2. The van der Waals surface area contributed by atoms with Gasteiger partial charge in [-0.05, 0) is 105 Å². The molecule has 0 heterocycles. The first-order valence-electron chi connectivity index (χ1n) is 10.1. The Morgan fingerprint density at radius 3 is 2.52 bits per heavy atom. The minimum atomic E-state index is -0.474. The van der Waals surface area contributed by atoms with Crippen molar-refractivity contribution in [2.45, 2.75) is 20.5 Å². The Morgan fingerprint density at radius 2 is 1.88 bits per heavy atom. The quantitative estimate of drug-likeness (QED) is 0.180. The summed E-state index contributed by atoms with van der Waals surface area (Å²) >= 11 is 5.78. The standard InChI is InChI=1S/C26H22BrIN2O3/c1-16-4-9-23(17(2)10-16)30-26(31)20(14-29)11-19-12-22(27)25(24(13-19)32-3)33-15-18-5-7-21(28)8-6-18/h4-13H,15H2,1-3H3,(H,30,31)/b20-11+. The van der Waals surface area contributed by atoms with Crippen molar-refractivity contribution in [1.82, 2.24) is 0 Å². The predicted molar refractivity (Wildman–Crippen MR) is 142 cm³/mol. The highest BCUT2D eigenvalue weighted by molar-refractivity contribution is 14.1. The molecule has 0 unspecified atom stereocenters. The first-order valence-corrected chi connectivity index (χ1v) is 11.9. The number of methoxy groups -OCH3 is 1. The summed E-state index contributed by atoms with van der Waals surface area (Å²) in [7, 11) is 1.55. The van der Waals surface area contributed by atoms with Gasteiger partial charge in [-0.2, -0.15) is 5.26 Å². The minimum Gasteiger partial charge on any atom is -0.493 e. The Hall–Kier alpha value is -2.83. The number of anilines is 1. The number of benzene rings is 3. The number of nitriles is 1. The molecule has 7 heteroatoms. The number of rotatable bonds is 7. The highest BCUT2D eigenvalue weighted by Gasteiger charge is 2.15. The maximum Gasteiger partial charge on any atom is 0.266 e. The van der Waals surface area contributed by atoms with Gasteiger partial charge in [-0.3, -0.25) is 4.79 Å². The molecule has 0 aliphatic heterocycles. The highest BCUT2D eigenvalue weighted by Crippen LogP contribution is 2.38. The fourth-order valence-electron chi connectivity index (χ4n) is 3.16. The lowest BCUT2D eigenvalue weighted by molar-refractivity contribution is -0.112. The average molecular weight is 617 g/mol. The highest BCUT2D eigenvalue weighted by atomic mass is 127. The lowest BCUT2D eigenvalue weighted by atomic mass is 10.1. The van der Waals surface area contributed by atoms with Crippen LogP contribution in [0.5, 0.6) is 11.5 Å². The van der Waals surface area contributed by atoms with Crippen molar-refractivity contribution in [1.29, 1.82) is 5.26 Å². The summed E-state index contributed by atoms with van der Waals surface area (Å²) in [6, 6.07) is 19.3. The van der Waals surface area contributed by atoms with E-state index in [1.807, 2.05) is 62.4 Å². The number of ether oxygens (including phenoxy) is 2. The summed E-state index contributed by atoms with van der Waals surface area (Å²) < 4.78 is 13.3. The summed E-state index contributed by atoms with van der Waals surface area (Å²) in [5.74, 6) is 0.568. The monoisotopic (exact) mass is 616 g/mol. The van der Waals surface area contributed by atoms with Crippen LogP contribution in [0.4, 0.5) is 5.69 Å². The Kier molecular flexibility index (Phi) is 8.53. The SMILES string of the molecule is COc1cc(/C=C(\C#N)C(=O)Nc2ccc(C)cc2C)cc(Br)c1OCc1ccc(I)cc1. The average Bonchev–Trinajstić information content (AvgIpc) is 2.79. The molecule has 0 radical (unpaired) electrons. The van der Waals surface area contributed by atoms with Crippen LogP contribution in [-0.2, 0) is 11.4 Å². The van der Waals surface area contributed by atoms with E-state index in [9.17, 15) is 10.1 Å². The molecular formula is C26H22BrIN2O3. The van der Waals surface area contributed by atoms with Gasteiger partial charge in [-0.15, -0.1) is 0 Å². The second-order valence-corrected chi connectivity index (χ2v) is 9.49. The van der Waals surface area contributed by atoms with Crippen LogP contribution in [0, 0.1) is 28.7 Å². The number of hydrogen-bond acceptors (Lipinski definition) is 4. The zero-order valence-electron chi connectivity index (χ0n) is 18.4. The third kappa shape index (κ3) is 6.59. The molecule has 168 valence electrons. The molecule has 3 aromatic carbocycles. The van der Waals surface area contributed by atoms with Gasteiger partial charge in [0.2, 0.25) is 0 Å². The largest absolute Gasteiger partial charge is 0.493 e. The Morgan fingerprint density at radius 1 is 1.15 bits per heavy atom. The molecule has 3 rings (SSSR count). The summed E-state index contributed by atoms with van der Waals surface area (Å²) in [6.45, 7) is 4.27. The molecule has 5 nitrogen and oxygen atoms in total.